The van der Waals surface area contributed by atoms with Crippen molar-refractivity contribution in [2.24, 2.45) is 0 Å². The second kappa shape index (κ2) is 17.8. The maximum Gasteiger partial charge on any atom is 0.227 e. The van der Waals surface area contributed by atoms with Gasteiger partial charge in [-0.3, -0.25) is 4.79 Å². The Bertz CT molecular complexity index is 2730. The van der Waals surface area contributed by atoms with Crippen LogP contribution in [0.3, 0.4) is 0 Å². The van der Waals surface area contributed by atoms with E-state index in [1.54, 1.807) is 0 Å². The minimum atomic E-state index is -7.22. The lowest BCUT2D eigenvalue weighted by atomic mass is 9.12. The van der Waals surface area contributed by atoms with Crippen LogP contribution < -0.4 is 26.4 Å². The number of rotatable bonds is 7. The molecule has 6 aromatic carbocycles. The highest BCUT2D eigenvalue weighted by molar-refractivity contribution is 7.80. The molecule has 0 aliphatic rings. The van der Waals surface area contributed by atoms with Crippen molar-refractivity contribution in [3.63, 3.8) is 0 Å². The van der Waals surface area contributed by atoms with Gasteiger partial charge in [-0.05, 0) is 23.6 Å². The Balaban J connectivity index is 0.000000289. The molecule has 0 aliphatic carbocycles. The highest BCUT2D eigenvalue weighted by Crippen LogP contribution is 2.31. The van der Waals surface area contributed by atoms with Crippen molar-refractivity contribution in [3.05, 3.63) is 189 Å². The molecule has 65 heavy (non-hydrogen) atoms. The Labute approximate surface area is 354 Å². The summed E-state index contributed by atoms with van der Waals surface area (Å²) in [4.78, 5) is 13.1. The Kier molecular flexibility index (Phi) is 13.1. The van der Waals surface area contributed by atoms with Gasteiger partial charge in [0.15, 0.2) is 82.2 Å². The van der Waals surface area contributed by atoms with Crippen molar-refractivity contribution in [3.8, 4) is 0 Å². The van der Waals surface area contributed by atoms with Crippen LogP contribution in [0.5, 0.6) is 0 Å². The first-order valence-electron chi connectivity index (χ1n) is 17.4. The lowest BCUT2D eigenvalue weighted by Crippen LogP contribution is -2.81. The van der Waals surface area contributed by atoms with Crippen molar-refractivity contribution < 1.29 is 97.2 Å². The van der Waals surface area contributed by atoms with Crippen LogP contribution in [0.2, 0.25) is 0 Å². The molecule has 0 aliphatic heterocycles. The summed E-state index contributed by atoms with van der Waals surface area (Å²) < 4.78 is 296. The maximum atomic E-state index is 15.4. The molecule has 7 aromatic rings. The molecule has 0 N–H and O–H groups in total. The van der Waals surface area contributed by atoms with Crippen molar-refractivity contribution in [2.75, 3.05) is 0 Å². The van der Waals surface area contributed by atoms with Gasteiger partial charge in [-0.2, -0.15) is 4.57 Å². The fourth-order valence-corrected chi connectivity index (χ4v) is 7.29. The van der Waals surface area contributed by atoms with Gasteiger partial charge in [-0.15, -0.1) is 34.5 Å². The minimum absolute atomic E-state index is 0.112. The monoisotopic (exact) mass is 959 g/mol. The molecule has 0 saturated heterocycles. The maximum absolute atomic E-state index is 15.4. The number of thiol groups is 1. The molecule has 1 aromatic heterocycles. The molecule has 0 fully saturated rings. The SMILES string of the molecule is Fc1c(F)c(F)c([B-](c2c(F)c(F)c(F)c(F)c2F)(c2c(F)c(F)c(F)c(F)c2F)c2c(F)c(F)c(F)c(F)c2F)c(F)c1F.O=C(C[n+]1ccc2cc(S)ccc2c1)c1ccccc1. The molecule has 0 unspecified atom stereocenters. The van der Waals surface area contributed by atoms with E-state index in [-0.39, 0.29) is 5.78 Å². The number of carbonyl (C=O) groups excluding carboxylic acids is 1. The quantitative estimate of drug-likeness (QED) is 0.0322. The van der Waals surface area contributed by atoms with Crippen LogP contribution in [0.1, 0.15) is 10.4 Å². The average Bonchev–Trinajstić information content (AvgIpc) is 3.29. The van der Waals surface area contributed by atoms with Crippen molar-refractivity contribution in [1.29, 1.82) is 0 Å². The van der Waals surface area contributed by atoms with Crippen LogP contribution in [0.25, 0.3) is 10.8 Å². The third-order valence-electron chi connectivity index (χ3n) is 9.95. The number of ketones is 1. The summed E-state index contributed by atoms with van der Waals surface area (Å²) in [5, 5.41) is 2.23. The lowest BCUT2D eigenvalue weighted by molar-refractivity contribution is -0.681. The fourth-order valence-electron chi connectivity index (χ4n) is 7.08. The third kappa shape index (κ3) is 7.69. The summed E-state index contributed by atoms with van der Waals surface area (Å²) in [6.45, 7) is 0.350. The number of Topliss-reactive ketones (excluding diaryl/α,β-unsaturated/α-hetero) is 1. The third-order valence-corrected chi connectivity index (χ3v) is 10.2. The van der Waals surface area contributed by atoms with Gasteiger partial charge in [0, 0.05) is 21.9 Å². The van der Waals surface area contributed by atoms with Gasteiger partial charge >= 0.3 is 0 Å². The first-order chi connectivity index (χ1) is 30.4. The van der Waals surface area contributed by atoms with Gasteiger partial charge in [0.25, 0.3) is 0 Å². The van der Waals surface area contributed by atoms with Crippen LogP contribution in [0, 0.1) is 116 Å². The summed E-state index contributed by atoms with van der Waals surface area (Å²) in [5.74, 6) is -71.3. The number of benzene rings is 6. The number of pyridine rings is 1. The topological polar surface area (TPSA) is 20.9 Å². The van der Waals surface area contributed by atoms with Crippen molar-refractivity contribution in [2.45, 2.75) is 11.4 Å². The summed E-state index contributed by atoms with van der Waals surface area (Å²) in [7, 11) is 0. The van der Waals surface area contributed by atoms with E-state index < -0.39 is 144 Å². The molecule has 0 spiro atoms. The normalized spacial score (nSPS) is 11.6. The van der Waals surface area contributed by atoms with E-state index in [1.807, 2.05) is 71.6 Å². The van der Waals surface area contributed by atoms with E-state index in [1.165, 1.54) is 0 Å². The number of hydrogen-bond donors (Lipinski definition) is 1. The smallest absolute Gasteiger partial charge is 0.227 e. The number of fused-ring (bicyclic) bond motifs is 1. The largest absolute Gasteiger partial charge is 0.287 e. The van der Waals surface area contributed by atoms with E-state index in [4.69, 9.17) is 0 Å². The number of aromatic nitrogens is 1. The molecule has 2 nitrogen and oxygen atoms in total. The Morgan fingerprint density at radius 1 is 0.400 bits per heavy atom. The fraction of sp³-hybridized carbons (Fsp3) is 0.0244. The zero-order valence-corrected chi connectivity index (χ0v) is 31.9. The molecule has 0 amide bonds. The van der Waals surface area contributed by atoms with E-state index in [0.717, 1.165) is 21.2 Å². The highest BCUT2D eigenvalue weighted by Gasteiger charge is 2.52. The Hall–Kier alpha value is -6.59. The minimum Gasteiger partial charge on any atom is -0.287 e. The predicted molar refractivity (Wildman–Crippen MR) is 191 cm³/mol. The highest BCUT2D eigenvalue weighted by atomic mass is 32.1. The Morgan fingerprint density at radius 2 is 0.708 bits per heavy atom. The van der Waals surface area contributed by atoms with Gasteiger partial charge in [0.05, 0.1) is 0 Å². The zero-order valence-electron chi connectivity index (χ0n) is 31.0. The number of carbonyl (C=O) groups is 1. The van der Waals surface area contributed by atoms with Gasteiger partial charge in [-0.1, -0.05) is 30.3 Å². The molecule has 0 radical (unpaired) electrons. The van der Waals surface area contributed by atoms with E-state index >= 15 is 35.1 Å². The number of hydrogen-bond acceptors (Lipinski definition) is 2. The van der Waals surface area contributed by atoms with Crippen LogP contribution >= 0.6 is 12.6 Å². The molecule has 338 valence electrons. The molecule has 1 heterocycles. The second-order valence-electron chi connectivity index (χ2n) is 13.5. The van der Waals surface area contributed by atoms with E-state index in [0.29, 0.717) is 6.54 Å². The van der Waals surface area contributed by atoms with E-state index in [9.17, 15) is 57.5 Å². The molecule has 24 heteroatoms. The lowest BCUT2D eigenvalue weighted by Gasteiger charge is -2.44. The molecule has 0 saturated carbocycles. The summed E-state index contributed by atoms with van der Waals surface area (Å²) in [6, 6.07) is 17.4. The van der Waals surface area contributed by atoms with E-state index in [2.05, 4.69) is 12.6 Å². The number of halogens is 20. The second-order valence-corrected chi connectivity index (χ2v) is 14.0. The summed E-state index contributed by atoms with van der Waals surface area (Å²) in [5.41, 5.74) is -13.6. The van der Waals surface area contributed by atoms with Crippen LogP contribution in [-0.4, -0.2) is 11.9 Å². The van der Waals surface area contributed by atoms with Gasteiger partial charge in [0.2, 0.25) is 12.3 Å². The molecule has 0 bridgehead atoms. The van der Waals surface area contributed by atoms with Crippen LogP contribution in [0.15, 0.2) is 71.9 Å². The first kappa shape index (κ1) is 47.9. The predicted octanol–water partition coefficient (Wildman–Crippen LogP) is 9.14. The molecular formula is C41H14BF20NOS. The average molecular weight is 959 g/mol. The first-order valence-corrected chi connectivity index (χ1v) is 17.8. The van der Waals surface area contributed by atoms with Gasteiger partial charge in [-0.25, -0.2) is 87.8 Å². The standard InChI is InChI=1S/C24BF20.C17H13NOS/c26-5-1(6(27)14(35)21(42)13(5)34)25(2-7(28)15(36)22(43)16(37)8(2)29,3-9(30)17(38)23(44)18(39)10(3)31)4-11(32)19(40)24(45)20(41)12(4)33;19-17(13-4-2-1-3-5-13)12-18-9-8-14-10-16(20)7-6-15(14)11-18/h;1-11H,12H2/q-1;/p+1. The molecule has 0 atom stereocenters. The van der Waals surface area contributed by atoms with Crippen molar-refractivity contribution in [1.82, 2.24) is 0 Å². The summed E-state index contributed by atoms with van der Waals surface area (Å²) >= 11 is 4.33. The molecular weight excluding hydrogens is 945 g/mol. The molecule has 7 rings (SSSR count). The van der Waals surface area contributed by atoms with Crippen molar-refractivity contribution >= 4 is 57.2 Å². The van der Waals surface area contributed by atoms with Gasteiger partial charge < -0.3 is 0 Å². The number of nitrogens with zero attached hydrogens (tertiary/aromatic N) is 1. The van der Waals surface area contributed by atoms with Crippen LogP contribution in [-0.2, 0) is 6.54 Å². The Morgan fingerprint density at radius 3 is 1.03 bits per heavy atom. The van der Waals surface area contributed by atoms with Gasteiger partial charge in [0.1, 0.15) is 52.7 Å². The zero-order chi connectivity index (χ0) is 48.3. The van der Waals surface area contributed by atoms with Crippen LogP contribution in [0.4, 0.5) is 87.8 Å². The summed E-state index contributed by atoms with van der Waals surface area (Å²) in [6.07, 6.45) is -3.30.